The van der Waals surface area contributed by atoms with Crippen LogP contribution in [-0.2, 0) is 24.2 Å². The molecule has 1 aliphatic rings. The van der Waals surface area contributed by atoms with Gasteiger partial charge in [0.2, 0.25) is 11.7 Å². The van der Waals surface area contributed by atoms with Crippen molar-refractivity contribution in [1.82, 2.24) is 15.0 Å². The topological polar surface area (TPSA) is 68.5 Å². The molecule has 3 aromatic rings. The maximum atomic E-state index is 13.0. The number of thiophene rings is 1. The average molecular weight is 412 g/mol. The Morgan fingerprint density at radius 1 is 1.28 bits per heavy atom. The molecule has 1 amide bonds. The van der Waals surface area contributed by atoms with Crippen LogP contribution in [0.5, 0.6) is 5.75 Å². The highest BCUT2D eigenvalue weighted by Crippen LogP contribution is 2.30. The molecule has 2 heterocycles. The molecule has 29 heavy (non-hydrogen) atoms. The third kappa shape index (κ3) is 4.34. The van der Waals surface area contributed by atoms with Crippen molar-refractivity contribution in [3.05, 3.63) is 52.7 Å². The van der Waals surface area contributed by atoms with E-state index in [2.05, 4.69) is 16.2 Å². The summed E-state index contributed by atoms with van der Waals surface area (Å²) in [6.07, 6.45) is 3.90. The average Bonchev–Trinajstić information content (AvgIpc) is 3.43. The molecule has 0 spiro atoms. The first-order chi connectivity index (χ1) is 14.2. The third-order valence-electron chi connectivity index (χ3n) is 5.23. The summed E-state index contributed by atoms with van der Waals surface area (Å²) in [6.45, 7) is 4.55. The van der Waals surface area contributed by atoms with Gasteiger partial charge >= 0.3 is 0 Å². The molecule has 0 bridgehead atoms. The van der Waals surface area contributed by atoms with Crippen molar-refractivity contribution in [2.45, 2.75) is 52.2 Å². The molecule has 0 aliphatic heterocycles. The van der Waals surface area contributed by atoms with E-state index in [1.54, 1.807) is 23.2 Å². The number of likely N-dealkylation sites (N-methyl/N-ethyl adjacent to an activating group) is 1. The van der Waals surface area contributed by atoms with E-state index in [-0.39, 0.29) is 12.5 Å². The summed E-state index contributed by atoms with van der Waals surface area (Å²) in [6, 6.07) is 10.0. The summed E-state index contributed by atoms with van der Waals surface area (Å²) in [5, 5.41) is 5.99. The van der Waals surface area contributed by atoms with Crippen LogP contribution in [0.15, 0.2) is 40.2 Å². The first kappa shape index (κ1) is 19.6. The highest BCUT2D eigenvalue weighted by Gasteiger charge is 2.25. The first-order valence-corrected chi connectivity index (χ1v) is 11.0. The molecule has 0 radical (unpaired) electrons. The predicted molar refractivity (Wildman–Crippen MR) is 112 cm³/mol. The van der Waals surface area contributed by atoms with Gasteiger partial charge < -0.3 is 14.2 Å². The Morgan fingerprint density at radius 2 is 2.14 bits per heavy atom. The monoisotopic (exact) mass is 411 g/mol. The van der Waals surface area contributed by atoms with Gasteiger partial charge in [-0.2, -0.15) is 4.98 Å². The van der Waals surface area contributed by atoms with Crippen LogP contribution in [0.25, 0.3) is 10.7 Å². The number of fused-ring (bicyclic) bond motifs is 1. The molecule has 0 unspecified atom stereocenters. The highest BCUT2D eigenvalue weighted by molar-refractivity contribution is 7.13. The van der Waals surface area contributed by atoms with Gasteiger partial charge in [0.25, 0.3) is 5.91 Å². The molecule has 7 heteroatoms. The summed E-state index contributed by atoms with van der Waals surface area (Å²) >= 11 is 1.55. The smallest absolute Gasteiger partial charge is 0.263 e. The van der Waals surface area contributed by atoms with Crippen molar-refractivity contribution in [2.24, 2.45) is 0 Å². The van der Waals surface area contributed by atoms with Crippen molar-refractivity contribution in [2.75, 3.05) is 6.54 Å². The summed E-state index contributed by atoms with van der Waals surface area (Å²) in [5.74, 6) is 1.72. The Hall–Kier alpha value is -2.67. The number of rotatable bonds is 7. The van der Waals surface area contributed by atoms with Gasteiger partial charge in [0.1, 0.15) is 12.3 Å². The van der Waals surface area contributed by atoms with Crippen LogP contribution in [0, 0.1) is 0 Å². The lowest BCUT2D eigenvalue weighted by Crippen LogP contribution is -2.40. The van der Waals surface area contributed by atoms with Crippen molar-refractivity contribution in [3.63, 3.8) is 0 Å². The molecule has 2 aromatic heterocycles. The van der Waals surface area contributed by atoms with Gasteiger partial charge in [0.05, 0.1) is 4.88 Å². The number of ether oxygens (including phenoxy) is 1. The van der Waals surface area contributed by atoms with E-state index in [4.69, 9.17) is 9.26 Å². The van der Waals surface area contributed by atoms with Crippen molar-refractivity contribution in [3.8, 4) is 16.5 Å². The number of hydrogen-bond donors (Lipinski definition) is 0. The van der Waals surface area contributed by atoms with Gasteiger partial charge in [0.15, 0.2) is 6.10 Å². The van der Waals surface area contributed by atoms with Crippen LogP contribution >= 0.6 is 11.3 Å². The van der Waals surface area contributed by atoms with Crippen molar-refractivity contribution in [1.29, 1.82) is 0 Å². The standard InChI is InChI=1S/C22H25N3O3S/c1-3-25(14-20-23-21(24-28-20)19-12-7-13-29-19)22(26)15(2)27-18-11-6-9-16-8-4-5-10-17(16)18/h6-7,9,11-13,15H,3-5,8,10,14H2,1-2H3/t15-/m0/s1. The summed E-state index contributed by atoms with van der Waals surface area (Å²) in [7, 11) is 0. The van der Waals surface area contributed by atoms with Gasteiger partial charge in [-0.15, -0.1) is 11.3 Å². The van der Waals surface area contributed by atoms with E-state index in [0.29, 0.717) is 18.3 Å². The zero-order valence-electron chi connectivity index (χ0n) is 16.8. The molecule has 1 atom stereocenters. The minimum atomic E-state index is -0.580. The van der Waals surface area contributed by atoms with Crippen LogP contribution in [0.2, 0.25) is 0 Å². The molecular weight excluding hydrogens is 386 g/mol. The molecule has 0 N–H and O–H groups in total. The van der Waals surface area contributed by atoms with E-state index >= 15 is 0 Å². The van der Waals surface area contributed by atoms with E-state index in [0.717, 1.165) is 23.5 Å². The van der Waals surface area contributed by atoms with Gasteiger partial charge in [-0.1, -0.05) is 23.4 Å². The Morgan fingerprint density at radius 3 is 2.93 bits per heavy atom. The maximum absolute atomic E-state index is 13.0. The Balaban J connectivity index is 1.43. The minimum absolute atomic E-state index is 0.0863. The van der Waals surface area contributed by atoms with Gasteiger partial charge in [-0.25, -0.2) is 0 Å². The number of amides is 1. The quantitative estimate of drug-likeness (QED) is 0.573. The number of hydrogen-bond acceptors (Lipinski definition) is 6. The van der Waals surface area contributed by atoms with Gasteiger partial charge in [-0.05, 0) is 68.2 Å². The molecule has 0 fully saturated rings. The summed E-state index contributed by atoms with van der Waals surface area (Å²) < 4.78 is 11.5. The fraction of sp³-hybridized carbons (Fsp3) is 0.409. The lowest BCUT2D eigenvalue weighted by atomic mass is 9.91. The molecule has 6 nitrogen and oxygen atoms in total. The first-order valence-electron chi connectivity index (χ1n) is 10.1. The van der Waals surface area contributed by atoms with E-state index < -0.39 is 6.10 Å². The van der Waals surface area contributed by atoms with Crippen LogP contribution in [-0.4, -0.2) is 33.6 Å². The second kappa shape index (κ2) is 8.78. The largest absolute Gasteiger partial charge is 0.481 e. The molecule has 0 saturated heterocycles. The number of carbonyl (C=O) groups excluding carboxylic acids is 1. The van der Waals surface area contributed by atoms with E-state index in [9.17, 15) is 4.79 Å². The van der Waals surface area contributed by atoms with Gasteiger partial charge in [0, 0.05) is 6.54 Å². The fourth-order valence-corrected chi connectivity index (χ4v) is 4.34. The van der Waals surface area contributed by atoms with Crippen molar-refractivity contribution >= 4 is 17.2 Å². The van der Waals surface area contributed by atoms with E-state index in [1.807, 2.05) is 36.6 Å². The summed E-state index contributed by atoms with van der Waals surface area (Å²) in [4.78, 5) is 20.1. The minimum Gasteiger partial charge on any atom is -0.481 e. The Labute approximate surface area is 174 Å². The maximum Gasteiger partial charge on any atom is 0.263 e. The third-order valence-corrected chi connectivity index (χ3v) is 6.10. The SMILES string of the molecule is CCN(Cc1nc(-c2cccs2)no1)C(=O)[C@H](C)Oc1cccc2c1CCCC2. The lowest BCUT2D eigenvalue weighted by Gasteiger charge is -2.25. The van der Waals surface area contributed by atoms with Crippen molar-refractivity contribution < 1.29 is 14.1 Å². The normalized spacial score (nSPS) is 14.3. The van der Waals surface area contributed by atoms with Gasteiger partial charge in [-0.3, -0.25) is 4.79 Å². The lowest BCUT2D eigenvalue weighted by molar-refractivity contribution is -0.138. The Bertz CT molecular complexity index is 968. The molecule has 152 valence electrons. The molecule has 4 rings (SSSR count). The van der Waals surface area contributed by atoms with E-state index in [1.165, 1.54) is 24.0 Å². The number of aryl methyl sites for hydroxylation is 1. The van der Waals surface area contributed by atoms with Crippen LogP contribution < -0.4 is 4.74 Å². The molecule has 1 aromatic carbocycles. The second-order valence-electron chi connectivity index (χ2n) is 7.20. The predicted octanol–water partition coefficient (Wildman–Crippen LogP) is 4.49. The zero-order valence-corrected chi connectivity index (χ0v) is 17.6. The molecule has 1 aliphatic carbocycles. The number of aromatic nitrogens is 2. The van der Waals surface area contributed by atoms with Crippen LogP contribution in [0.1, 0.15) is 43.7 Å². The van der Waals surface area contributed by atoms with Crippen LogP contribution in [0.3, 0.4) is 0 Å². The number of benzene rings is 1. The molecule has 0 saturated carbocycles. The number of carbonyl (C=O) groups is 1. The fourth-order valence-electron chi connectivity index (χ4n) is 3.69. The second-order valence-corrected chi connectivity index (χ2v) is 8.15. The zero-order chi connectivity index (χ0) is 20.2. The summed E-state index contributed by atoms with van der Waals surface area (Å²) in [5.41, 5.74) is 2.59. The van der Waals surface area contributed by atoms with Crippen LogP contribution in [0.4, 0.5) is 0 Å². The molecular formula is C22H25N3O3S. The number of nitrogens with zero attached hydrogens (tertiary/aromatic N) is 3. The Kier molecular flexibility index (Phi) is 5.94. The highest BCUT2D eigenvalue weighted by atomic mass is 32.1.